The minimum absolute atomic E-state index is 0.137. The second-order valence-corrected chi connectivity index (χ2v) is 7.89. The Morgan fingerprint density at radius 2 is 1.92 bits per heavy atom. The number of esters is 1. The maximum absolute atomic E-state index is 12.1. The average molecular weight is 350 g/mol. The van der Waals surface area contributed by atoms with Crippen LogP contribution in [0.15, 0.2) is 17.1 Å². The number of nitrogens with zero attached hydrogens (tertiary/aromatic N) is 2. The Bertz CT molecular complexity index is 709. The van der Waals surface area contributed by atoms with Crippen molar-refractivity contribution >= 4 is 11.7 Å². The van der Waals surface area contributed by atoms with Crippen LogP contribution in [0.4, 0.5) is 5.69 Å². The van der Waals surface area contributed by atoms with Gasteiger partial charge in [-0.25, -0.2) is 0 Å². The smallest absolute Gasteiger partial charge is 0.326 e. The lowest BCUT2D eigenvalue weighted by Gasteiger charge is -2.36. The Balaban J connectivity index is 1.97. The largest absolute Gasteiger partial charge is 0.461 e. The predicted molar refractivity (Wildman–Crippen MR) is 93.4 cm³/mol. The van der Waals surface area contributed by atoms with Crippen LogP contribution >= 0.6 is 0 Å². The van der Waals surface area contributed by atoms with Crippen molar-refractivity contribution in [3.8, 4) is 0 Å². The highest BCUT2D eigenvalue weighted by Crippen LogP contribution is 2.38. The van der Waals surface area contributed by atoms with E-state index in [0.717, 1.165) is 36.4 Å². The molecule has 138 valence electrons. The fraction of sp³-hybridized carbons (Fsp3) is 0.667. The van der Waals surface area contributed by atoms with Crippen LogP contribution in [0.25, 0.3) is 0 Å². The monoisotopic (exact) mass is 350 g/mol. The molecule has 0 amide bonds. The zero-order valence-corrected chi connectivity index (χ0v) is 15.3. The van der Waals surface area contributed by atoms with Crippen molar-refractivity contribution in [1.29, 1.82) is 0 Å². The van der Waals surface area contributed by atoms with Crippen molar-refractivity contribution < 1.29 is 14.5 Å². The standard InChI is InChI=1S/C18H26N2O5/c1-12-9-16(21)19(10-15(12)20(23)24)11-17(22)25-14-7-5-13(6-8-14)18(2,3)4/h9-10,13-14H,5-8,11H2,1-4H3. The molecule has 25 heavy (non-hydrogen) atoms. The van der Waals surface area contributed by atoms with E-state index in [-0.39, 0.29) is 29.3 Å². The molecule has 1 fully saturated rings. The second kappa shape index (κ2) is 7.37. The van der Waals surface area contributed by atoms with Crippen molar-refractivity contribution in [2.75, 3.05) is 0 Å². The first-order valence-electron chi connectivity index (χ1n) is 8.63. The molecular formula is C18H26N2O5. The van der Waals surface area contributed by atoms with Crippen molar-refractivity contribution in [3.05, 3.63) is 38.3 Å². The molecular weight excluding hydrogens is 324 g/mol. The van der Waals surface area contributed by atoms with Gasteiger partial charge in [-0.2, -0.15) is 0 Å². The zero-order valence-electron chi connectivity index (χ0n) is 15.3. The van der Waals surface area contributed by atoms with Gasteiger partial charge in [0.15, 0.2) is 0 Å². The Hall–Kier alpha value is -2.18. The van der Waals surface area contributed by atoms with Crippen LogP contribution in [0.2, 0.25) is 0 Å². The highest BCUT2D eigenvalue weighted by Gasteiger charge is 2.31. The summed E-state index contributed by atoms with van der Waals surface area (Å²) in [5.41, 5.74) is -0.0990. The number of carbonyl (C=O) groups excluding carboxylic acids is 1. The number of aromatic nitrogens is 1. The first-order valence-corrected chi connectivity index (χ1v) is 8.63. The number of aryl methyl sites for hydroxylation is 1. The number of pyridine rings is 1. The van der Waals surface area contributed by atoms with Crippen molar-refractivity contribution in [1.82, 2.24) is 4.57 Å². The van der Waals surface area contributed by atoms with E-state index in [1.54, 1.807) is 0 Å². The lowest BCUT2D eigenvalue weighted by Crippen LogP contribution is -2.32. The topological polar surface area (TPSA) is 91.4 Å². The van der Waals surface area contributed by atoms with Crippen LogP contribution in [0, 0.1) is 28.4 Å². The van der Waals surface area contributed by atoms with E-state index in [1.807, 2.05) is 0 Å². The minimum Gasteiger partial charge on any atom is -0.461 e. The summed E-state index contributed by atoms with van der Waals surface area (Å²) in [5.74, 6) is 0.0873. The molecule has 0 N–H and O–H groups in total. The van der Waals surface area contributed by atoms with Crippen LogP contribution in [0.1, 0.15) is 52.0 Å². The Morgan fingerprint density at radius 1 is 1.32 bits per heavy atom. The normalized spacial score (nSPS) is 21.0. The molecule has 1 aromatic rings. The lowest BCUT2D eigenvalue weighted by molar-refractivity contribution is -0.385. The summed E-state index contributed by atoms with van der Waals surface area (Å²) in [5, 5.41) is 11.0. The van der Waals surface area contributed by atoms with Gasteiger partial charge >= 0.3 is 5.97 Å². The van der Waals surface area contributed by atoms with E-state index < -0.39 is 16.5 Å². The van der Waals surface area contributed by atoms with Gasteiger partial charge in [-0.1, -0.05) is 20.8 Å². The zero-order chi connectivity index (χ0) is 18.8. The molecule has 1 aromatic heterocycles. The summed E-state index contributed by atoms with van der Waals surface area (Å²) in [4.78, 5) is 34.5. The molecule has 1 saturated carbocycles. The molecule has 0 saturated heterocycles. The predicted octanol–water partition coefficient (Wildman–Crippen LogP) is 3.21. The number of ether oxygens (including phenoxy) is 1. The first kappa shape index (κ1) is 19.1. The van der Waals surface area contributed by atoms with Crippen molar-refractivity contribution in [2.24, 2.45) is 11.3 Å². The Kier molecular flexibility index (Phi) is 5.65. The van der Waals surface area contributed by atoms with Gasteiger partial charge < -0.3 is 4.74 Å². The maximum atomic E-state index is 12.1. The summed E-state index contributed by atoms with van der Waals surface area (Å²) < 4.78 is 6.51. The molecule has 0 atom stereocenters. The molecule has 0 spiro atoms. The number of carbonyl (C=O) groups is 1. The van der Waals surface area contributed by atoms with Crippen LogP contribution < -0.4 is 5.56 Å². The third-order valence-electron chi connectivity index (χ3n) is 5.00. The van der Waals surface area contributed by atoms with Gasteiger partial charge in [0.1, 0.15) is 12.6 Å². The molecule has 1 heterocycles. The summed E-state index contributed by atoms with van der Waals surface area (Å²) in [6, 6.07) is 1.17. The van der Waals surface area contributed by atoms with Crippen molar-refractivity contribution in [3.63, 3.8) is 0 Å². The van der Waals surface area contributed by atoms with Crippen molar-refractivity contribution in [2.45, 2.75) is 66.0 Å². The van der Waals surface area contributed by atoms with Gasteiger partial charge in [0.25, 0.3) is 11.2 Å². The molecule has 7 heteroatoms. The molecule has 1 aliphatic carbocycles. The Morgan fingerprint density at radius 3 is 2.44 bits per heavy atom. The highest BCUT2D eigenvalue weighted by molar-refractivity contribution is 5.69. The number of nitro groups is 1. The molecule has 0 aliphatic heterocycles. The molecule has 0 radical (unpaired) electrons. The number of hydrogen-bond acceptors (Lipinski definition) is 5. The SMILES string of the molecule is Cc1cc(=O)n(CC(=O)OC2CCC(C(C)(C)C)CC2)cc1[N+](=O)[O-]. The van der Waals surface area contributed by atoms with Gasteiger partial charge in [0, 0.05) is 11.6 Å². The van der Waals surface area contributed by atoms with E-state index in [0.29, 0.717) is 5.92 Å². The molecule has 0 aromatic carbocycles. The summed E-state index contributed by atoms with van der Waals surface area (Å²) in [7, 11) is 0. The van der Waals surface area contributed by atoms with Crippen LogP contribution in [0.5, 0.6) is 0 Å². The van der Waals surface area contributed by atoms with Crippen LogP contribution in [0.3, 0.4) is 0 Å². The first-order chi connectivity index (χ1) is 11.6. The summed E-state index contributed by atoms with van der Waals surface area (Å²) in [6.45, 7) is 7.86. The van der Waals surface area contributed by atoms with E-state index in [9.17, 15) is 19.7 Å². The summed E-state index contributed by atoms with van der Waals surface area (Å²) in [6.07, 6.45) is 4.62. The number of rotatable bonds is 4. The second-order valence-electron chi connectivity index (χ2n) is 7.89. The summed E-state index contributed by atoms with van der Waals surface area (Å²) >= 11 is 0. The van der Waals surface area contributed by atoms with E-state index in [2.05, 4.69) is 20.8 Å². The van der Waals surface area contributed by atoms with E-state index in [1.165, 1.54) is 13.0 Å². The van der Waals surface area contributed by atoms with E-state index in [4.69, 9.17) is 4.74 Å². The fourth-order valence-corrected chi connectivity index (χ4v) is 3.38. The third kappa shape index (κ3) is 4.90. The molecule has 7 nitrogen and oxygen atoms in total. The minimum atomic E-state index is -0.565. The molecule has 0 unspecified atom stereocenters. The van der Waals surface area contributed by atoms with Gasteiger partial charge in [-0.3, -0.25) is 24.3 Å². The van der Waals surface area contributed by atoms with Gasteiger partial charge in [0.2, 0.25) is 0 Å². The average Bonchev–Trinajstić information content (AvgIpc) is 2.49. The Labute approximate surface area is 147 Å². The fourth-order valence-electron chi connectivity index (χ4n) is 3.38. The highest BCUT2D eigenvalue weighted by atomic mass is 16.6. The van der Waals surface area contributed by atoms with Gasteiger partial charge in [0.05, 0.1) is 11.1 Å². The lowest BCUT2D eigenvalue weighted by atomic mass is 9.72. The van der Waals surface area contributed by atoms with Gasteiger partial charge in [-0.05, 0) is 43.9 Å². The van der Waals surface area contributed by atoms with E-state index >= 15 is 0 Å². The van der Waals surface area contributed by atoms with Crippen LogP contribution in [-0.4, -0.2) is 21.6 Å². The molecule has 0 bridgehead atoms. The molecule has 1 aliphatic rings. The maximum Gasteiger partial charge on any atom is 0.326 e. The quantitative estimate of drug-likeness (QED) is 0.472. The van der Waals surface area contributed by atoms with Gasteiger partial charge in [-0.15, -0.1) is 0 Å². The van der Waals surface area contributed by atoms with Crippen LogP contribution in [-0.2, 0) is 16.1 Å². The third-order valence-corrected chi connectivity index (χ3v) is 5.00. The molecule has 2 rings (SSSR count). The number of hydrogen-bond donors (Lipinski definition) is 0.